The number of hydrogen-bond donors (Lipinski definition) is 0. The molecule has 4 rings (SSSR count). The zero-order valence-corrected chi connectivity index (χ0v) is 20.1. The van der Waals surface area contributed by atoms with Gasteiger partial charge < -0.3 is 14.2 Å². The number of hydrogen-bond acceptors (Lipinski definition) is 5. The number of fused-ring (bicyclic) bond motifs is 1. The van der Waals surface area contributed by atoms with Gasteiger partial charge in [0.15, 0.2) is 0 Å². The number of para-hydroxylation sites is 1. The van der Waals surface area contributed by atoms with Crippen molar-refractivity contribution in [2.45, 2.75) is 27.3 Å². The lowest BCUT2D eigenvalue weighted by Gasteiger charge is -2.15. The van der Waals surface area contributed by atoms with Crippen LogP contribution in [-0.2, 0) is 11.3 Å². The lowest BCUT2D eigenvalue weighted by atomic mass is 10.1. The van der Waals surface area contributed by atoms with Crippen LogP contribution in [0.15, 0.2) is 65.5 Å². The molecule has 0 radical (unpaired) electrons. The predicted molar refractivity (Wildman–Crippen MR) is 135 cm³/mol. The highest BCUT2D eigenvalue weighted by molar-refractivity contribution is 5.79. The Morgan fingerprint density at radius 2 is 1.59 bits per heavy atom. The first-order valence-electron chi connectivity index (χ1n) is 11.4. The SMILES string of the molecule is COc1ccc(-c2nc3ccccc3c(=O)n2CCOCCOc2c(C)cc(C)cc2C)cc1. The van der Waals surface area contributed by atoms with E-state index in [0.717, 1.165) is 28.2 Å². The number of aryl methyl sites for hydroxylation is 3. The molecule has 3 aromatic carbocycles. The van der Waals surface area contributed by atoms with Crippen LogP contribution in [-0.4, -0.2) is 36.5 Å². The minimum absolute atomic E-state index is 0.0813. The topological polar surface area (TPSA) is 62.6 Å². The molecule has 0 spiro atoms. The summed E-state index contributed by atoms with van der Waals surface area (Å²) in [6.07, 6.45) is 0. The van der Waals surface area contributed by atoms with E-state index >= 15 is 0 Å². The molecule has 176 valence electrons. The van der Waals surface area contributed by atoms with Crippen molar-refractivity contribution in [2.24, 2.45) is 0 Å². The molecule has 0 saturated heterocycles. The zero-order chi connectivity index (χ0) is 24.1. The number of rotatable bonds is 9. The average molecular weight is 459 g/mol. The van der Waals surface area contributed by atoms with Crippen LogP contribution in [0.25, 0.3) is 22.3 Å². The lowest BCUT2D eigenvalue weighted by molar-refractivity contribution is 0.0936. The smallest absolute Gasteiger partial charge is 0.261 e. The van der Waals surface area contributed by atoms with E-state index in [4.69, 9.17) is 19.2 Å². The Hall–Kier alpha value is -3.64. The Balaban J connectivity index is 1.47. The van der Waals surface area contributed by atoms with Gasteiger partial charge in [0.1, 0.15) is 23.9 Å². The molecule has 34 heavy (non-hydrogen) atoms. The normalized spacial score (nSPS) is 11.1. The molecule has 4 aromatic rings. The Kier molecular flexibility index (Phi) is 7.28. The minimum atomic E-state index is -0.0813. The van der Waals surface area contributed by atoms with Gasteiger partial charge in [-0.05, 0) is 68.3 Å². The second-order valence-corrected chi connectivity index (χ2v) is 8.33. The Morgan fingerprint density at radius 1 is 0.882 bits per heavy atom. The quantitative estimate of drug-likeness (QED) is 0.327. The van der Waals surface area contributed by atoms with Gasteiger partial charge in [-0.25, -0.2) is 4.98 Å². The van der Waals surface area contributed by atoms with Crippen molar-refractivity contribution in [3.63, 3.8) is 0 Å². The van der Waals surface area contributed by atoms with E-state index in [1.165, 1.54) is 5.56 Å². The first-order valence-corrected chi connectivity index (χ1v) is 11.4. The monoisotopic (exact) mass is 458 g/mol. The fraction of sp³-hybridized carbons (Fsp3) is 0.286. The van der Waals surface area contributed by atoms with Crippen molar-refractivity contribution < 1.29 is 14.2 Å². The molecule has 0 atom stereocenters. The summed E-state index contributed by atoms with van der Waals surface area (Å²) in [5, 5.41) is 0.591. The van der Waals surface area contributed by atoms with Crippen LogP contribution in [0.1, 0.15) is 16.7 Å². The predicted octanol–water partition coefficient (Wildman–Crippen LogP) is 5.09. The molecule has 6 nitrogen and oxygen atoms in total. The number of benzene rings is 3. The number of nitrogens with zero attached hydrogens (tertiary/aromatic N) is 2. The van der Waals surface area contributed by atoms with Crippen LogP contribution in [0.5, 0.6) is 11.5 Å². The first kappa shape index (κ1) is 23.5. The Bertz CT molecular complexity index is 1320. The van der Waals surface area contributed by atoms with Crippen LogP contribution in [0, 0.1) is 20.8 Å². The molecule has 6 heteroatoms. The van der Waals surface area contributed by atoms with E-state index in [1.54, 1.807) is 17.7 Å². The van der Waals surface area contributed by atoms with Crippen molar-refractivity contribution in [1.29, 1.82) is 0 Å². The molecule has 0 amide bonds. The van der Waals surface area contributed by atoms with E-state index in [9.17, 15) is 4.79 Å². The maximum atomic E-state index is 13.3. The number of methoxy groups -OCH3 is 1. The Labute approximate surface area is 199 Å². The van der Waals surface area contributed by atoms with E-state index in [-0.39, 0.29) is 5.56 Å². The van der Waals surface area contributed by atoms with E-state index < -0.39 is 0 Å². The van der Waals surface area contributed by atoms with Gasteiger partial charge in [0, 0.05) is 5.56 Å². The summed E-state index contributed by atoms with van der Waals surface area (Å²) in [5.74, 6) is 2.27. The maximum Gasteiger partial charge on any atom is 0.261 e. The maximum absolute atomic E-state index is 13.3. The van der Waals surface area contributed by atoms with Gasteiger partial charge in [-0.1, -0.05) is 29.8 Å². The molecule has 0 aliphatic rings. The molecule has 1 heterocycles. The van der Waals surface area contributed by atoms with Crippen molar-refractivity contribution in [3.05, 3.63) is 87.7 Å². The summed E-state index contributed by atoms with van der Waals surface area (Å²) >= 11 is 0. The standard InChI is InChI=1S/C28H30N2O4/c1-19-17-20(2)26(21(3)18-19)34-16-15-33-14-13-30-27(22-9-11-23(32-4)12-10-22)29-25-8-6-5-7-24(25)28(30)31/h5-12,17-18H,13-16H2,1-4H3. The molecule has 0 aliphatic heterocycles. The third-order valence-electron chi connectivity index (χ3n) is 5.75. The van der Waals surface area contributed by atoms with Gasteiger partial charge in [0.2, 0.25) is 0 Å². The Morgan fingerprint density at radius 3 is 2.29 bits per heavy atom. The molecular weight excluding hydrogens is 428 g/mol. The highest BCUT2D eigenvalue weighted by atomic mass is 16.5. The van der Waals surface area contributed by atoms with Gasteiger partial charge in [0.25, 0.3) is 5.56 Å². The van der Waals surface area contributed by atoms with Crippen LogP contribution in [0.3, 0.4) is 0 Å². The van der Waals surface area contributed by atoms with Crippen molar-refractivity contribution in [3.8, 4) is 22.9 Å². The van der Waals surface area contributed by atoms with Gasteiger partial charge >= 0.3 is 0 Å². The fourth-order valence-electron chi connectivity index (χ4n) is 4.19. The summed E-state index contributed by atoms with van der Waals surface area (Å²) in [6.45, 7) is 7.82. The van der Waals surface area contributed by atoms with Crippen molar-refractivity contribution in [1.82, 2.24) is 9.55 Å². The lowest BCUT2D eigenvalue weighted by Crippen LogP contribution is -2.26. The van der Waals surface area contributed by atoms with Crippen molar-refractivity contribution in [2.75, 3.05) is 26.9 Å². The van der Waals surface area contributed by atoms with E-state index in [0.29, 0.717) is 43.1 Å². The minimum Gasteiger partial charge on any atom is -0.497 e. The fourth-order valence-corrected chi connectivity index (χ4v) is 4.19. The van der Waals surface area contributed by atoms with Crippen LogP contribution >= 0.6 is 0 Å². The molecule has 1 aromatic heterocycles. The van der Waals surface area contributed by atoms with Gasteiger partial charge in [0.05, 0.1) is 37.8 Å². The molecule has 0 saturated carbocycles. The summed E-state index contributed by atoms with van der Waals surface area (Å²) in [4.78, 5) is 18.1. The van der Waals surface area contributed by atoms with Crippen LogP contribution in [0.2, 0.25) is 0 Å². The molecule has 0 N–H and O–H groups in total. The molecule has 0 fully saturated rings. The highest BCUT2D eigenvalue weighted by Gasteiger charge is 2.13. The molecule has 0 bridgehead atoms. The van der Waals surface area contributed by atoms with Gasteiger partial charge in [-0.2, -0.15) is 0 Å². The van der Waals surface area contributed by atoms with E-state index in [2.05, 4.69) is 32.9 Å². The summed E-state index contributed by atoms with van der Waals surface area (Å²) in [5.41, 5.74) is 4.90. The van der Waals surface area contributed by atoms with Crippen molar-refractivity contribution >= 4 is 10.9 Å². The largest absolute Gasteiger partial charge is 0.497 e. The first-order chi connectivity index (χ1) is 16.5. The van der Waals surface area contributed by atoms with Gasteiger partial charge in [-0.3, -0.25) is 9.36 Å². The second-order valence-electron chi connectivity index (χ2n) is 8.33. The third-order valence-corrected chi connectivity index (χ3v) is 5.75. The summed E-state index contributed by atoms with van der Waals surface area (Å²) < 4.78 is 18.7. The summed E-state index contributed by atoms with van der Waals surface area (Å²) in [6, 6.07) is 19.2. The van der Waals surface area contributed by atoms with Crippen LogP contribution in [0.4, 0.5) is 0 Å². The molecule has 0 aliphatic carbocycles. The second kappa shape index (κ2) is 10.5. The summed E-state index contributed by atoms with van der Waals surface area (Å²) in [7, 11) is 1.63. The number of ether oxygens (including phenoxy) is 3. The van der Waals surface area contributed by atoms with E-state index in [1.807, 2.05) is 42.5 Å². The molecular formula is C28H30N2O4. The third kappa shape index (κ3) is 5.13. The molecule has 0 unspecified atom stereocenters. The zero-order valence-electron chi connectivity index (χ0n) is 20.1. The average Bonchev–Trinajstić information content (AvgIpc) is 2.83. The highest BCUT2D eigenvalue weighted by Crippen LogP contribution is 2.24. The van der Waals surface area contributed by atoms with Gasteiger partial charge in [-0.15, -0.1) is 0 Å². The van der Waals surface area contributed by atoms with Crippen LogP contribution < -0.4 is 15.0 Å². The number of aromatic nitrogens is 2.